The highest BCUT2D eigenvalue weighted by Gasteiger charge is 2.08. The van der Waals surface area contributed by atoms with Crippen LogP contribution in [0.1, 0.15) is 0 Å². The summed E-state index contributed by atoms with van der Waals surface area (Å²) in [7, 11) is 0. The third-order valence-electron chi connectivity index (χ3n) is 2.65. The van der Waals surface area contributed by atoms with E-state index in [1.807, 2.05) is 48.0 Å². The largest absolute Gasteiger partial charge is 0.398 e. The number of nitrogens with zero attached hydrogens (tertiary/aromatic N) is 2. The summed E-state index contributed by atoms with van der Waals surface area (Å²) in [5.74, 6) is 0. The van der Waals surface area contributed by atoms with Crippen molar-refractivity contribution >= 4 is 17.0 Å². The Morgan fingerprint density at radius 3 is 2.72 bits per heavy atom. The van der Waals surface area contributed by atoms with Crippen molar-refractivity contribution in [2.75, 3.05) is 5.73 Å². The maximum Gasteiger partial charge on any atom is 0.125 e. The minimum Gasteiger partial charge on any atom is -0.398 e. The summed E-state index contributed by atoms with van der Waals surface area (Å²) in [5, 5.41) is 2.98. The van der Waals surface area contributed by atoms with Crippen LogP contribution in [0.25, 0.3) is 21.8 Å². The van der Waals surface area contributed by atoms with Gasteiger partial charge in [0.25, 0.3) is 0 Å². The molecule has 3 nitrogen and oxygen atoms in total. The van der Waals surface area contributed by atoms with Crippen LogP contribution in [0.15, 0.2) is 54.2 Å². The summed E-state index contributed by atoms with van der Waals surface area (Å²) in [6.45, 7) is 0. The second-order valence-corrected chi connectivity index (χ2v) is 4.72. The van der Waals surface area contributed by atoms with E-state index >= 15 is 0 Å². The summed E-state index contributed by atoms with van der Waals surface area (Å²) in [6, 6.07) is 11.7. The number of pyridine rings is 1. The zero-order valence-electron chi connectivity index (χ0n) is 9.58. The Labute approximate surface area is 109 Å². The Morgan fingerprint density at radius 1 is 1.06 bits per heavy atom. The Balaban J connectivity index is 2.03. The molecule has 0 aliphatic carbocycles. The van der Waals surface area contributed by atoms with Gasteiger partial charge in [-0.05, 0) is 18.2 Å². The molecule has 0 saturated heterocycles. The number of aromatic nitrogens is 2. The van der Waals surface area contributed by atoms with E-state index in [0.717, 1.165) is 27.5 Å². The van der Waals surface area contributed by atoms with E-state index in [-0.39, 0.29) is 0 Å². The molecule has 0 unspecified atom stereocenters. The topological polar surface area (TPSA) is 51.8 Å². The Hall–Kier alpha value is -2.20. The SMILES string of the molecule is Nc1ccccc1-c1csc(-c2cccnc2)n1. The highest BCUT2D eigenvalue weighted by Crippen LogP contribution is 2.30. The van der Waals surface area contributed by atoms with Crippen LogP contribution < -0.4 is 5.73 Å². The Kier molecular flexibility index (Phi) is 2.78. The number of para-hydroxylation sites is 1. The standard InChI is InChI=1S/C14H11N3S/c15-12-6-2-1-5-11(12)13-9-18-14(17-13)10-4-3-7-16-8-10/h1-9H,15H2. The number of rotatable bonds is 2. The smallest absolute Gasteiger partial charge is 0.125 e. The minimum absolute atomic E-state index is 0.750. The molecule has 1 aromatic carbocycles. The maximum atomic E-state index is 5.95. The zero-order chi connectivity index (χ0) is 12.4. The molecule has 4 heteroatoms. The Bertz CT molecular complexity index is 662. The van der Waals surface area contributed by atoms with Crippen molar-refractivity contribution < 1.29 is 0 Å². The summed E-state index contributed by atoms with van der Waals surface area (Å²) in [6.07, 6.45) is 3.57. The number of hydrogen-bond acceptors (Lipinski definition) is 4. The summed E-state index contributed by atoms with van der Waals surface area (Å²) >= 11 is 1.60. The van der Waals surface area contributed by atoms with Crippen LogP contribution in [-0.2, 0) is 0 Å². The third kappa shape index (κ3) is 1.98. The lowest BCUT2D eigenvalue weighted by molar-refractivity contribution is 1.31. The molecule has 3 rings (SSSR count). The molecule has 2 N–H and O–H groups in total. The molecule has 0 amide bonds. The van der Waals surface area contributed by atoms with Gasteiger partial charge in [-0.15, -0.1) is 11.3 Å². The monoisotopic (exact) mass is 253 g/mol. The van der Waals surface area contributed by atoms with Gasteiger partial charge in [-0.3, -0.25) is 4.98 Å². The van der Waals surface area contributed by atoms with Gasteiger partial charge in [0.2, 0.25) is 0 Å². The van der Waals surface area contributed by atoms with Crippen LogP contribution >= 0.6 is 11.3 Å². The van der Waals surface area contributed by atoms with Crippen LogP contribution in [0.4, 0.5) is 5.69 Å². The molecule has 0 atom stereocenters. The average Bonchev–Trinajstić information content (AvgIpc) is 2.90. The summed E-state index contributed by atoms with van der Waals surface area (Å²) in [4.78, 5) is 8.71. The van der Waals surface area contributed by atoms with Crippen LogP contribution in [0.2, 0.25) is 0 Å². The van der Waals surface area contributed by atoms with Gasteiger partial charge in [0, 0.05) is 34.6 Å². The average molecular weight is 253 g/mol. The number of anilines is 1. The lowest BCUT2D eigenvalue weighted by Gasteiger charge is -2.00. The molecule has 0 aliphatic rings. The van der Waals surface area contributed by atoms with E-state index in [9.17, 15) is 0 Å². The van der Waals surface area contributed by atoms with Gasteiger partial charge in [0.05, 0.1) is 5.69 Å². The van der Waals surface area contributed by atoms with Crippen LogP contribution in [0, 0.1) is 0 Å². The minimum atomic E-state index is 0.750. The predicted octanol–water partition coefficient (Wildman–Crippen LogP) is 3.45. The van der Waals surface area contributed by atoms with E-state index in [0.29, 0.717) is 0 Å². The van der Waals surface area contributed by atoms with Crippen molar-refractivity contribution in [1.29, 1.82) is 0 Å². The van der Waals surface area contributed by atoms with Crippen molar-refractivity contribution in [3.05, 3.63) is 54.2 Å². The van der Waals surface area contributed by atoms with E-state index in [1.165, 1.54) is 0 Å². The molecule has 0 bridgehead atoms. The molecule has 0 aliphatic heterocycles. The van der Waals surface area contributed by atoms with Gasteiger partial charge < -0.3 is 5.73 Å². The molecule has 2 aromatic heterocycles. The fourth-order valence-electron chi connectivity index (χ4n) is 1.75. The lowest BCUT2D eigenvalue weighted by atomic mass is 10.1. The molecule has 0 spiro atoms. The highest BCUT2D eigenvalue weighted by atomic mass is 32.1. The first kappa shape index (κ1) is 10.9. The summed E-state index contributed by atoms with van der Waals surface area (Å²) in [5.41, 5.74) is 9.62. The first-order valence-electron chi connectivity index (χ1n) is 5.55. The van der Waals surface area contributed by atoms with Crippen LogP contribution in [-0.4, -0.2) is 9.97 Å². The molecule has 0 saturated carbocycles. The number of nitrogen functional groups attached to an aromatic ring is 1. The van der Waals surface area contributed by atoms with E-state index in [2.05, 4.69) is 9.97 Å². The summed E-state index contributed by atoms with van der Waals surface area (Å²) < 4.78 is 0. The molecule has 0 radical (unpaired) electrons. The van der Waals surface area contributed by atoms with E-state index < -0.39 is 0 Å². The highest BCUT2D eigenvalue weighted by molar-refractivity contribution is 7.13. The number of hydrogen-bond donors (Lipinski definition) is 1. The van der Waals surface area contributed by atoms with Gasteiger partial charge in [-0.2, -0.15) is 0 Å². The zero-order valence-corrected chi connectivity index (χ0v) is 10.4. The van der Waals surface area contributed by atoms with Gasteiger partial charge in [-0.25, -0.2) is 4.98 Å². The maximum absolute atomic E-state index is 5.95. The van der Waals surface area contributed by atoms with Gasteiger partial charge >= 0.3 is 0 Å². The third-order valence-corrected chi connectivity index (χ3v) is 3.54. The Morgan fingerprint density at radius 2 is 1.94 bits per heavy atom. The normalized spacial score (nSPS) is 10.4. The van der Waals surface area contributed by atoms with E-state index in [1.54, 1.807) is 17.5 Å². The van der Waals surface area contributed by atoms with Crippen molar-refractivity contribution in [3.8, 4) is 21.8 Å². The first-order chi connectivity index (χ1) is 8.84. The van der Waals surface area contributed by atoms with E-state index in [4.69, 9.17) is 5.73 Å². The molecular weight excluding hydrogens is 242 g/mol. The molecular formula is C14H11N3S. The number of benzene rings is 1. The number of thiazole rings is 1. The van der Waals surface area contributed by atoms with Crippen molar-refractivity contribution in [2.24, 2.45) is 0 Å². The fourth-order valence-corrected chi connectivity index (χ4v) is 2.56. The van der Waals surface area contributed by atoms with Crippen molar-refractivity contribution in [3.63, 3.8) is 0 Å². The molecule has 18 heavy (non-hydrogen) atoms. The number of nitrogens with two attached hydrogens (primary N) is 1. The molecule has 3 aromatic rings. The quantitative estimate of drug-likeness (QED) is 0.712. The predicted molar refractivity (Wildman–Crippen MR) is 75.2 cm³/mol. The van der Waals surface area contributed by atoms with Gasteiger partial charge in [0.15, 0.2) is 0 Å². The van der Waals surface area contributed by atoms with Crippen LogP contribution in [0.3, 0.4) is 0 Å². The van der Waals surface area contributed by atoms with Crippen LogP contribution in [0.5, 0.6) is 0 Å². The van der Waals surface area contributed by atoms with Gasteiger partial charge in [0.1, 0.15) is 5.01 Å². The first-order valence-corrected chi connectivity index (χ1v) is 6.43. The molecule has 88 valence electrons. The second-order valence-electron chi connectivity index (χ2n) is 3.87. The molecule has 0 fully saturated rings. The van der Waals surface area contributed by atoms with Crippen molar-refractivity contribution in [1.82, 2.24) is 9.97 Å². The lowest BCUT2D eigenvalue weighted by Crippen LogP contribution is -1.89. The second kappa shape index (κ2) is 4.58. The fraction of sp³-hybridized carbons (Fsp3) is 0. The molecule has 2 heterocycles. The van der Waals surface area contributed by atoms with Gasteiger partial charge in [-0.1, -0.05) is 18.2 Å². The van der Waals surface area contributed by atoms with Crippen molar-refractivity contribution in [2.45, 2.75) is 0 Å².